The third kappa shape index (κ3) is 4.48. The molecule has 132 valence electrons. The second kappa shape index (κ2) is 8.49. The highest BCUT2D eigenvalue weighted by Crippen LogP contribution is 2.26. The van der Waals surface area contributed by atoms with E-state index in [0.29, 0.717) is 11.5 Å². The molecule has 1 aromatic rings. The summed E-state index contributed by atoms with van der Waals surface area (Å²) in [6.07, 6.45) is 4.75. The lowest BCUT2D eigenvalue weighted by atomic mass is 9.84. The van der Waals surface area contributed by atoms with Gasteiger partial charge in [-0.05, 0) is 43.0 Å². The maximum absolute atomic E-state index is 12.6. The van der Waals surface area contributed by atoms with Crippen molar-refractivity contribution in [2.75, 3.05) is 40.0 Å². The first-order chi connectivity index (χ1) is 11.8. The van der Waals surface area contributed by atoms with E-state index in [1.54, 1.807) is 7.11 Å². The number of amides is 1. The van der Waals surface area contributed by atoms with Gasteiger partial charge in [0, 0.05) is 31.2 Å². The molecule has 5 nitrogen and oxygen atoms in total. The molecule has 1 amide bonds. The Bertz CT molecular complexity index is 526. The van der Waals surface area contributed by atoms with Crippen LogP contribution in [0.4, 0.5) is 0 Å². The third-order valence-corrected chi connectivity index (χ3v) is 5.17. The second-order valence-electron chi connectivity index (χ2n) is 6.77. The summed E-state index contributed by atoms with van der Waals surface area (Å²) >= 11 is 0. The van der Waals surface area contributed by atoms with Crippen LogP contribution < -0.4 is 10.1 Å². The summed E-state index contributed by atoms with van der Waals surface area (Å²) < 4.78 is 10.6. The van der Waals surface area contributed by atoms with E-state index in [9.17, 15) is 4.79 Å². The van der Waals surface area contributed by atoms with Crippen LogP contribution in [0.25, 0.3) is 0 Å². The fraction of sp³-hybridized carbons (Fsp3) is 0.632. The molecule has 2 fully saturated rings. The van der Waals surface area contributed by atoms with E-state index in [-0.39, 0.29) is 11.9 Å². The Hall–Kier alpha value is -1.59. The van der Waals surface area contributed by atoms with Gasteiger partial charge in [0.15, 0.2) is 0 Å². The van der Waals surface area contributed by atoms with Gasteiger partial charge in [0.1, 0.15) is 5.75 Å². The van der Waals surface area contributed by atoms with Gasteiger partial charge >= 0.3 is 0 Å². The highest BCUT2D eigenvalue weighted by Gasteiger charge is 2.28. The molecule has 0 bridgehead atoms. The Labute approximate surface area is 144 Å². The largest absolute Gasteiger partial charge is 0.497 e. The third-order valence-electron chi connectivity index (χ3n) is 5.17. The Morgan fingerprint density at radius 2 is 1.92 bits per heavy atom. The van der Waals surface area contributed by atoms with Crippen molar-refractivity contribution in [1.29, 1.82) is 0 Å². The Morgan fingerprint density at radius 1 is 1.21 bits per heavy atom. The SMILES string of the molecule is COc1ccc(C(=O)N[C@@H]2CCCC[C@H]2CN2CCOCC2)cc1. The molecule has 5 heteroatoms. The number of hydrogen-bond acceptors (Lipinski definition) is 4. The summed E-state index contributed by atoms with van der Waals surface area (Å²) in [5.41, 5.74) is 0.700. The first kappa shape index (κ1) is 17.2. The van der Waals surface area contributed by atoms with Crippen LogP contribution >= 0.6 is 0 Å². The zero-order chi connectivity index (χ0) is 16.8. The van der Waals surface area contributed by atoms with Crippen LogP contribution in [0.15, 0.2) is 24.3 Å². The molecule has 1 heterocycles. The molecule has 1 saturated heterocycles. The fourth-order valence-electron chi connectivity index (χ4n) is 3.73. The Balaban J connectivity index is 1.58. The summed E-state index contributed by atoms with van der Waals surface area (Å²) in [4.78, 5) is 15.0. The van der Waals surface area contributed by atoms with Crippen molar-refractivity contribution < 1.29 is 14.3 Å². The minimum atomic E-state index is 0.0246. The van der Waals surface area contributed by atoms with E-state index in [0.717, 1.165) is 45.0 Å². The molecule has 1 saturated carbocycles. The zero-order valence-electron chi connectivity index (χ0n) is 14.5. The number of carbonyl (C=O) groups excluding carboxylic acids is 1. The molecule has 2 atom stereocenters. The predicted octanol–water partition coefficient (Wildman–Crippen LogP) is 2.32. The number of rotatable bonds is 5. The van der Waals surface area contributed by atoms with E-state index in [4.69, 9.17) is 9.47 Å². The van der Waals surface area contributed by atoms with Crippen LogP contribution in [-0.4, -0.2) is 56.8 Å². The predicted molar refractivity (Wildman–Crippen MR) is 93.5 cm³/mol. The van der Waals surface area contributed by atoms with Crippen molar-refractivity contribution in [2.24, 2.45) is 5.92 Å². The topological polar surface area (TPSA) is 50.8 Å². The van der Waals surface area contributed by atoms with Crippen LogP contribution in [0.1, 0.15) is 36.0 Å². The first-order valence-electron chi connectivity index (χ1n) is 9.01. The zero-order valence-corrected chi connectivity index (χ0v) is 14.5. The molecular formula is C19H28N2O3. The van der Waals surface area contributed by atoms with Crippen molar-refractivity contribution in [3.05, 3.63) is 29.8 Å². The number of hydrogen-bond donors (Lipinski definition) is 1. The number of benzene rings is 1. The first-order valence-corrected chi connectivity index (χ1v) is 9.01. The summed E-state index contributed by atoms with van der Waals surface area (Å²) in [6, 6.07) is 7.60. The minimum Gasteiger partial charge on any atom is -0.497 e. The lowest BCUT2D eigenvalue weighted by Crippen LogP contribution is -2.48. The lowest BCUT2D eigenvalue weighted by Gasteiger charge is -2.37. The van der Waals surface area contributed by atoms with Crippen molar-refractivity contribution in [2.45, 2.75) is 31.7 Å². The maximum Gasteiger partial charge on any atom is 0.251 e. The molecule has 24 heavy (non-hydrogen) atoms. The lowest BCUT2D eigenvalue weighted by molar-refractivity contribution is 0.0242. The van der Waals surface area contributed by atoms with E-state index in [1.165, 1.54) is 19.3 Å². The Morgan fingerprint density at radius 3 is 2.62 bits per heavy atom. The minimum absolute atomic E-state index is 0.0246. The molecule has 1 N–H and O–H groups in total. The second-order valence-corrected chi connectivity index (χ2v) is 6.77. The molecule has 1 aromatic carbocycles. The van der Waals surface area contributed by atoms with Gasteiger partial charge in [-0.3, -0.25) is 9.69 Å². The average Bonchev–Trinajstić information content (AvgIpc) is 2.64. The average molecular weight is 332 g/mol. The number of nitrogens with zero attached hydrogens (tertiary/aromatic N) is 1. The van der Waals surface area contributed by atoms with Gasteiger partial charge in [0.2, 0.25) is 0 Å². The van der Waals surface area contributed by atoms with Crippen LogP contribution in [0.3, 0.4) is 0 Å². The van der Waals surface area contributed by atoms with E-state index >= 15 is 0 Å². The number of morpholine rings is 1. The van der Waals surface area contributed by atoms with Gasteiger partial charge in [0.05, 0.1) is 20.3 Å². The van der Waals surface area contributed by atoms with Gasteiger partial charge in [-0.15, -0.1) is 0 Å². The van der Waals surface area contributed by atoms with Gasteiger partial charge in [-0.2, -0.15) is 0 Å². The molecular weight excluding hydrogens is 304 g/mol. The van der Waals surface area contributed by atoms with E-state index < -0.39 is 0 Å². The molecule has 3 rings (SSSR count). The fourth-order valence-corrected chi connectivity index (χ4v) is 3.73. The number of methoxy groups -OCH3 is 1. The summed E-state index contributed by atoms with van der Waals surface area (Å²) in [7, 11) is 1.63. The van der Waals surface area contributed by atoms with Crippen molar-refractivity contribution >= 4 is 5.91 Å². The summed E-state index contributed by atoms with van der Waals surface area (Å²) in [6.45, 7) is 4.74. The molecule has 2 aliphatic rings. The Kier molecular flexibility index (Phi) is 6.10. The van der Waals surface area contributed by atoms with E-state index in [2.05, 4.69) is 10.2 Å². The van der Waals surface area contributed by atoms with Crippen LogP contribution in [0.2, 0.25) is 0 Å². The van der Waals surface area contributed by atoms with Gasteiger partial charge in [0.25, 0.3) is 5.91 Å². The monoisotopic (exact) mass is 332 g/mol. The van der Waals surface area contributed by atoms with E-state index in [1.807, 2.05) is 24.3 Å². The smallest absolute Gasteiger partial charge is 0.251 e. The molecule has 0 radical (unpaired) electrons. The standard InChI is InChI=1S/C19H28N2O3/c1-23-17-8-6-15(7-9-17)19(22)20-18-5-3-2-4-16(18)14-21-10-12-24-13-11-21/h6-9,16,18H,2-5,10-14H2,1H3,(H,20,22)/t16-,18+/m0/s1. The molecule has 0 spiro atoms. The summed E-state index contributed by atoms with van der Waals surface area (Å²) in [5, 5.41) is 3.27. The maximum atomic E-state index is 12.6. The van der Waals surface area contributed by atoms with Gasteiger partial charge in [-0.25, -0.2) is 0 Å². The molecule has 1 aliphatic heterocycles. The molecule has 0 unspecified atom stereocenters. The van der Waals surface area contributed by atoms with Crippen molar-refractivity contribution in [3.63, 3.8) is 0 Å². The number of nitrogens with one attached hydrogen (secondary N) is 1. The molecule has 0 aromatic heterocycles. The van der Waals surface area contributed by atoms with Crippen LogP contribution in [-0.2, 0) is 4.74 Å². The normalized spacial score (nSPS) is 25.2. The quantitative estimate of drug-likeness (QED) is 0.899. The van der Waals surface area contributed by atoms with Gasteiger partial charge < -0.3 is 14.8 Å². The van der Waals surface area contributed by atoms with Gasteiger partial charge in [-0.1, -0.05) is 12.8 Å². The highest BCUT2D eigenvalue weighted by molar-refractivity contribution is 5.94. The number of ether oxygens (including phenoxy) is 2. The summed E-state index contributed by atoms with van der Waals surface area (Å²) in [5.74, 6) is 1.34. The van der Waals surface area contributed by atoms with Crippen molar-refractivity contribution in [1.82, 2.24) is 10.2 Å². The highest BCUT2D eigenvalue weighted by atomic mass is 16.5. The van der Waals surface area contributed by atoms with Crippen LogP contribution in [0, 0.1) is 5.92 Å². The van der Waals surface area contributed by atoms with Crippen LogP contribution in [0.5, 0.6) is 5.75 Å². The number of carbonyl (C=O) groups is 1. The van der Waals surface area contributed by atoms with Crippen molar-refractivity contribution in [3.8, 4) is 5.75 Å². The molecule has 1 aliphatic carbocycles.